The third-order valence-corrected chi connectivity index (χ3v) is 3.01. The van der Waals surface area contributed by atoms with E-state index in [4.69, 9.17) is 10.5 Å². The van der Waals surface area contributed by atoms with Gasteiger partial charge in [0, 0.05) is 21.9 Å². The molecule has 0 spiro atoms. The number of nitrogens with two attached hydrogens (primary N) is 1. The molecule has 0 atom stereocenters. The maximum absolute atomic E-state index is 5.77. The second kappa shape index (κ2) is 5.57. The number of aromatic nitrogens is 2. The topological polar surface area (TPSA) is 61.0 Å². The molecule has 1 heterocycles. The van der Waals surface area contributed by atoms with Crippen molar-refractivity contribution in [3.8, 4) is 11.8 Å². The van der Waals surface area contributed by atoms with Crippen LogP contribution in [-0.4, -0.2) is 9.97 Å². The van der Waals surface area contributed by atoms with Crippen molar-refractivity contribution in [3.05, 3.63) is 40.1 Å². The predicted octanol–water partition coefficient (Wildman–Crippen LogP) is 4.05. The summed E-state index contributed by atoms with van der Waals surface area (Å²) in [5.41, 5.74) is 8.25. The molecule has 2 N–H and O–H groups in total. The number of hydrogen-bond acceptors (Lipinski definition) is 4. The minimum Gasteiger partial charge on any atom is -0.424 e. The fourth-order valence-electron chi connectivity index (χ4n) is 1.66. The summed E-state index contributed by atoms with van der Waals surface area (Å²) in [6.07, 6.45) is 0. The Kier molecular flexibility index (Phi) is 4.04. The molecule has 1 aromatic heterocycles. The normalized spacial score (nSPS) is 10.8. The minimum atomic E-state index is 0.330. The number of hydrogen-bond donors (Lipinski definition) is 1. The monoisotopic (exact) mass is 321 g/mol. The lowest BCUT2D eigenvalue weighted by molar-refractivity contribution is 0.436. The summed E-state index contributed by atoms with van der Waals surface area (Å²) in [7, 11) is 0. The van der Waals surface area contributed by atoms with Crippen molar-refractivity contribution in [2.75, 3.05) is 5.73 Å². The molecule has 19 heavy (non-hydrogen) atoms. The summed E-state index contributed by atoms with van der Waals surface area (Å²) in [6.45, 7) is 6.10. The molecule has 0 aliphatic rings. The fraction of sp³-hybridized carbons (Fsp3) is 0.286. The summed E-state index contributed by atoms with van der Waals surface area (Å²) < 4.78 is 6.54. The molecule has 2 aromatic rings. The SMILES string of the molecule is Cc1cc(C(C)C)nc(Oc2cc(N)cc(Br)c2)n1. The molecule has 0 aliphatic heterocycles. The van der Waals surface area contributed by atoms with Crippen LogP contribution in [0.1, 0.15) is 31.2 Å². The van der Waals surface area contributed by atoms with Gasteiger partial charge in [-0.25, -0.2) is 4.98 Å². The van der Waals surface area contributed by atoms with Gasteiger partial charge in [0.05, 0.1) is 5.69 Å². The van der Waals surface area contributed by atoms with Gasteiger partial charge < -0.3 is 10.5 Å². The van der Waals surface area contributed by atoms with Gasteiger partial charge in [-0.1, -0.05) is 29.8 Å². The van der Waals surface area contributed by atoms with Crippen LogP contribution >= 0.6 is 15.9 Å². The minimum absolute atomic E-state index is 0.330. The summed E-state index contributed by atoms with van der Waals surface area (Å²) in [5, 5.41) is 0. The van der Waals surface area contributed by atoms with E-state index in [0.717, 1.165) is 15.9 Å². The fourth-order valence-corrected chi connectivity index (χ4v) is 2.14. The zero-order valence-electron chi connectivity index (χ0n) is 11.1. The van der Waals surface area contributed by atoms with E-state index in [2.05, 4.69) is 39.7 Å². The van der Waals surface area contributed by atoms with E-state index in [1.165, 1.54) is 0 Å². The van der Waals surface area contributed by atoms with Gasteiger partial charge >= 0.3 is 6.01 Å². The number of anilines is 1. The first-order valence-electron chi connectivity index (χ1n) is 6.03. The van der Waals surface area contributed by atoms with Crippen molar-refractivity contribution in [1.82, 2.24) is 9.97 Å². The van der Waals surface area contributed by atoms with Gasteiger partial charge in [-0.05, 0) is 31.0 Å². The molecule has 1 aromatic carbocycles. The van der Waals surface area contributed by atoms with Crippen molar-refractivity contribution >= 4 is 21.6 Å². The van der Waals surface area contributed by atoms with E-state index < -0.39 is 0 Å². The highest BCUT2D eigenvalue weighted by atomic mass is 79.9. The molecule has 0 saturated carbocycles. The molecule has 4 nitrogen and oxygen atoms in total. The van der Waals surface area contributed by atoms with Crippen molar-refractivity contribution in [3.63, 3.8) is 0 Å². The molecular weight excluding hydrogens is 306 g/mol. The first-order valence-corrected chi connectivity index (χ1v) is 6.83. The lowest BCUT2D eigenvalue weighted by atomic mass is 10.1. The molecule has 0 bridgehead atoms. The van der Waals surface area contributed by atoms with E-state index in [-0.39, 0.29) is 0 Å². The average Bonchev–Trinajstić information content (AvgIpc) is 2.26. The third kappa shape index (κ3) is 3.67. The molecule has 2 rings (SSSR count). The summed E-state index contributed by atoms with van der Waals surface area (Å²) >= 11 is 3.38. The van der Waals surface area contributed by atoms with Crippen LogP contribution in [0.15, 0.2) is 28.7 Å². The zero-order chi connectivity index (χ0) is 14.0. The van der Waals surface area contributed by atoms with Gasteiger partial charge in [0.15, 0.2) is 0 Å². The summed E-state index contributed by atoms with van der Waals surface area (Å²) in [5.74, 6) is 0.948. The lowest BCUT2D eigenvalue weighted by Crippen LogP contribution is -2.00. The number of nitrogen functional groups attached to an aromatic ring is 1. The molecule has 0 unspecified atom stereocenters. The number of nitrogens with zero attached hydrogens (tertiary/aromatic N) is 2. The largest absolute Gasteiger partial charge is 0.424 e. The van der Waals surface area contributed by atoms with Gasteiger partial charge in [0.1, 0.15) is 5.75 Å². The molecule has 100 valence electrons. The van der Waals surface area contributed by atoms with E-state index >= 15 is 0 Å². The van der Waals surface area contributed by atoms with Crippen LogP contribution < -0.4 is 10.5 Å². The Labute approximate surface area is 121 Å². The average molecular weight is 322 g/mol. The van der Waals surface area contributed by atoms with Crippen LogP contribution in [0.4, 0.5) is 5.69 Å². The van der Waals surface area contributed by atoms with Crippen LogP contribution in [0.25, 0.3) is 0 Å². The molecule has 0 saturated heterocycles. The smallest absolute Gasteiger partial charge is 0.322 e. The van der Waals surface area contributed by atoms with Crippen LogP contribution in [0.2, 0.25) is 0 Å². The van der Waals surface area contributed by atoms with Gasteiger partial charge in [-0.3, -0.25) is 0 Å². The van der Waals surface area contributed by atoms with Crippen LogP contribution in [-0.2, 0) is 0 Å². The van der Waals surface area contributed by atoms with Crippen LogP contribution in [0.3, 0.4) is 0 Å². The predicted molar refractivity (Wildman–Crippen MR) is 79.5 cm³/mol. The van der Waals surface area contributed by atoms with E-state index in [1.807, 2.05) is 25.1 Å². The molecular formula is C14H16BrN3O. The lowest BCUT2D eigenvalue weighted by Gasteiger charge is -2.10. The first-order chi connectivity index (χ1) is 8.94. The Hall–Kier alpha value is -1.62. The molecule has 0 aliphatic carbocycles. The van der Waals surface area contributed by atoms with Gasteiger partial charge in [-0.15, -0.1) is 0 Å². The van der Waals surface area contributed by atoms with Crippen LogP contribution in [0, 0.1) is 6.92 Å². The molecule has 0 amide bonds. The first kappa shape index (κ1) is 13.8. The van der Waals surface area contributed by atoms with E-state index in [0.29, 0.717) is 23.4 Å². The zero-order valence-corrected chi connectivity index (χ0v) is 12.7. The number of ether oxygens (including phenoxy) is 1. The maximum atomic E-state index is 5.77. The number of benzene rings is 1. The molecule has 0 fully saturated rings. The Morgan fingerprint density at radius 3 is 2.53 bits per heavy atom. The number of halogens is 1. The Morgan fingerprint density at radius 1 is 1.16 bits per heavy atom. The highest BCUT2D eigenvalue weighted by molar-refractivity contribution is 9.10. The van der Waals surface area contributed by atoms with E-state index in [9.17, 15) is 0 Å². The second-order valence-electron chi connectivity index (χ2n) is 4.69. The highest BCUT2D eigenvalue weighted by Crippen LogP contribution is 2.26. The standard InChI is InChI=1S/C14H16BrN3O/c1-8(2)13-4-9(3)17-14(18-13)19-12-6-10(15)5-11(16)7-12/h4-8H,16H2,1-3H3. The maximum Gasteiger partial charge on any atom is 0.322 e. The Morgan fingerprint density at radius 2 is 1.89 bits per heavy atom. The van der Waals surface area contributed by atoms with Crippen molar-refractivity contribution in [2.24, 2.45) is 0 Å². The van der Waals surface area contributed by atoms with Gasteiger partial charge in [0.2, 0.25) is 0 Å². The molecule has 5 heteroatoms. The molecule has 0 radical (unpaired) electrons. The highest BCUT2D eigenvalue weighted by Gasteiger charge is 2.08. The van der Waals surface area contributed by atoms with Crippen molar-refractivity contribution < 1.29 is 4.74 Å². The number of rotatable bonds is 3. The summed E-state index contributed by atoms with van der Waals surface area (Å²) in [6, 6.07) is 7.69. The third-order valence-electron chi connectivity index (χ3n) is 2.55. The quantitative estimate of drug-likeness (QED) is 0.866. The Bertz CT molecular complexity index is 579. The van der Waals surface area contributed by atoms with Crippen molar-refractivity contribution in [1.29, 1.82) is 0 Å². The van der Waals surface area contributed by atoms with Crippen LogP contribution in [0.5, 0.6) is 11.8 Å². The van der Waals surface area contributed by atoms with Crippen molar-refractivity contribution in [2.45, 2.75) is 26.7 Å². The second-order valence-corrected chi connectivity index (χ2v) is 5.61. The number of aryl methyl sites for hydroxylation is 1. The summed E-state index contributed by atoms with van der Waals surface area (Å²) in [4.78, 5) is 8.68. The van der Waals surface area contributed by atoms with E-state index in [1.54, 1.807) is 6.07 Å². The Balaban J connectivity index is 2.32. The van der Waals surface area contributed by atoms with Gasteiger partial charge in [0.25, 0.3) is 0 Å². The van der Waals surface area contributed by atoms with Gasteiger partial charge in [-0.2, -0.15) is 4.98 Å².